The van der Waals surface area contributed by atoms with E-state index in [0.717, 1.165) is 18.4 Å². The zero-order chi connectivity index (χ0) is 27.3. The maximum Gasteiger partial charge on any atom is 0.410 e. The Labute approximate surface area is 225 Å². The van der Waals surface area contributed by atoms with Crippen LogP contribution in [0.4, 0.5) is 16.4 Å². The maximum absolute atomic E-state index is 13.0. The van der Waals surface area contributed by atoms with Gasteiger partial charge >= 0.3 is 6.09 Å². The molecule has 6 rings (SSSR count). The van der Waals surface area contributed by atoms with Crippen LogP contribution in [0.25, 0.3) is 22.3 Å². The zero-order valence-electron chi connectivity index (χ0n) is 22.0. The van der Waals surface area contributed by atoms with Gasteiger partial charge in [0.25, 0.3) is 5.91 Å². The Morgan fingerprint density at radius 2 is 1.79 bits per heavy atom. The topological polar surface area (TPSA) is 141 Å². The molecule has 2 aliphatic rings. The van der Waals surface area contributed by atoms with Crippen LogP contribution in [-0.2, 0) is 4.74 Å². The molecular formula is C28H30N8O3. The van der Waals surface area contributed by atoms with Gasteiger partial charge < -0.3 is 20.7 Å². The summed E-state index contributed by atoms with van der Waals surface area (Å²) in [6.07, 6.45) is 4.53. The van der Waals surface area contributed by atoms with Crippen LogP contribution in [0.15, 0.2) is 55.0 Å². The largest absolute Gasteiger partial charge is 0.444 e. The maximum atomic E-state index is 13.0. The van der Waals surface area contributed by atoms with E-state index in [1.54, 1.807) is 30.5 Å². The Balaban J connectivity index is 1.31. The number of likely N-dealkylation sites (tertiary alicyclic amines) is 1. The summed E-state index contributed by atoms with van der Waals surface area (Å²) in [5.74, 6) is 0.909. The normalized spacial score (nSPS) is 20.4. The molecule has 1 aliphatic heterocycles. The van der Waals surface area contributed by atoms with Gasteiger partial charge in [-0.25, -0.2) is 24.4 Å². The molecule has 3 unspecified atom stereocenters. The highest BCUT2D eigenvalue weighted by atomic mass is 16.6. The summed E-state index contributed by atoms with van der Waals surface area (Å²) in [4.78, 5) is 40.4. The Bertz CT molecular complexity index is 1550. The van der Waals surface area contributed by atoms with Crippen molar-refractivity contribution < 1.29 is 14.3 Å². The van der Waals surface area contributed by atoms with E-state index in [1.165, 1.54) is 6.33 Å². The van der Waals surface area contributed by atoms with Crippen molar-refractivity contribution in [3.63, 3.8) is 0 Å². The van der Waals surface area contributed by atoms with E-state index in [2.05, 4.69) is 20.3 Å². The fourth-order valence-corrected chi connectivity index (χ4v) is 5.62. The molecule has 11 heteroatoms. The zero-order valence-corrected chi connectivity index (χ0v) is 22.0. The molecule has 11 nitrogen and oxygen atoms in total. The number of hydrogen-bond acceptors (Lipinski definition) is 8. The number of amides is 2. The van der Waals surface area contributed by atoms with Crippen LogP contribution in [0.3, 0.4) is 0 Å². The summed E-state index contributed by atoms with van der Waals surface area (Å²) < 4.78 is 7.58. The minimum absolute atomic E-state index is 0.0466. The van der Waals surface area contributed by atoms with Crippen LogP contribution in [0.2, 0.25) is 0 Å². The molecule has 1 saturated heterocycles. The average Bonchev–Trinajstić information content (AvgIpc) is 3.62. The predicted molar refractivity (Wildman–Crippen MR) is 146 cm³/mol. The van der Waals surface area contributed by atoms with E-state index in [4.69, 9.17) is 15.6 Å². The number of rotatable bonds is 4. The molecule has 1 saturated carbocycles. The van der Waals surface area contributed by atoms with Crippen LogP contribution in [0, 0.1) is 5.92 Å². The minimum Gasteiger partial charge on any atom is -0.444 e. The third-order valence-corrected chi connectivity index (χ3v) is 7.24. The van der Waals surface area contributed by atoms with Gasteiger partial charge in [-0.3, -0.25) is 4.79 Å². The van der Waals surface area contributed by atoms with Gasteiger partial charge in [0, 0.05) is 23.9 Å². The Morgan fingerprint density at radius 1 is 1.03 bits per heavy atom. The van der Waals surface area contributed by atoms with Crippen molar-refractivity contribution in [3.8, 4) is 11.3 Å². The molecule has 4 aromatic rings. The fraction of sp³-hybridized carbons (Fsp3) is 0.357. The first-order chi connectivity index (χ1) is 18.7. The van der Waals surface area contributed by atoms with Crippen molar-refractivity contribution in [2.24, 2.45) is 5.92 Å². The summed E-state index contributed by atoms with van der Waals surface area (Å²) in [6, 6.07) is 12.4. The lowest BCUT2D eigenvalue weighted by molar-refractivity contribution is 0.0135. The molecule has 1 aromatic carbocycles. The molecule has 4 heterocycles. The average molecular weight is 527 g/mol. The molecule has 3 N–H and O–H groups in total. The van der Waals surface area contributed by atoms with Gasteiger partial charge in [-0.2, -0.15) is 5.10 Å². The predicted octanol–water partition coefficient (Wildman–Crippen LogP) is 4.29. The van der Waals surface area contributed by atoms with E-state index in [1.807, 2.05) is 48.6 Å². The van der Waals surface area contributed by atoms with Crippen LogP contribution in [0.1, 0.15) is 50.0 Å². The van der Waals surface area contributed by atoms with Crippen molar-refractivity contribution >= 4 is 34.7 Å². The van der Waals surface area contributed by atoms with Gasteiger partial charge in [0.05, 0.1) is 17.5 Å². The quantitative estimate of drug-likeness (QED) is 0.401. The number of benzene rings is 1. The number of carbonyl (C=O) groups excluding carboxylic acids is 2. The standard InChI is InChI=1S/C28H30N8O3/c1-28(2,3)39-27(38)35-14-16-12-19(35)20(13-16)36-25-22(24(29)31-15-32-25)23(34-36)17-7-9-18(10-8-17)26(37)33-21-6-4-5-11-30-21/h4-11,15-16,19-20H,12-14H2,1-3H3,(H2,29,31,32)(H,30,33,37). The molecule has 2 amide bonds. The van der Waals surface area contributed by atoms with E-state index in [0.29, 0.717) is 46.4 Å². The molecule has 0 spiro atoms. The fourth-order valence-electron chi connectivity index (χ4n) is 5.62. The van der Waals surface area contributed by atoms with Crippen LogP contribution in [0.5, 0.6) is 0 Å². The lowest BCUT2D eigenvalue weighted by Crippen LogP contribution is -2.45. The van der Waals surface area contributed by atoms with Crippen molar-refractivity contribution in [1.29, 1.82) is 0 Å². The lowest BCUT2D eigenvalue weighted by atomic mass is 10.1. The Hall–Kier alpha value is -4.54. The van der Waals surface area contributed by atoms with E-state index < -0.39 is 5.60 Å². The van der Waals surface area contributed by atoms with Crippen molar-refractivity contribution in [1.82, 2.24) is 29.6 Å². The number of anilines is 2. The molecule has 2 bridgehead atoms. The number of fused-ring (bicyclic) bond motifs is 3. The number of nitrogens with two attached hydrogens (primary N) is 1. The smallest absolute Gasteiger partial charge is 0.410 e. The highest BCUT2D eigenvalue weighted by Gasteiger charge is 2.49. The first kappa shape index (κ1) is 24.8. The van der Waals surface area contributed by atoms with Crippen molar-refractivity contribution in [2.75, 3.05) is 17.6 Å². The summed E-state index contributed by atoms with van der Waals surface area (Å²) in [6.45, 7) is 6.30. The van der Waals surface area contributed by atoms with Gasteiger partial charge in [0.2, 0.25) is 0 Å². The highest BCUT2D eigenvalue weighted by molar-refractivity contribution is 6.04. The lowest BCUT2D eigenvalue weighted by Gasteiger charge is -2.34. The van der Waals surface area contributed by atoms with Gasteiger partial charge in [-0.1, -0.05) is 18.2 Å². The molecule has 0 radical (unpaired) electrons. The summed E-state index contributed by atoms with van der Waals surface area (Å²) in [7, 11) is 0. The Kier molecular flexibility index (Phi) is 5.93. The summed E-state index contributed by atoms with van der Waals surface area (Å²) in [5.41, 5.74) is 8.28. The van der Waals surface area contributed by atoms with E-state index in [-0.39, 0.29) is 24.1 Å². The molecule has 1 aliphatic carbocycles. The first-order valence-corrected chi connectivity index (χ1v) is 13.0. The second-order valence-corrected chi connectivity index (χ2v) is 11.1. The monoisotopic (exact) mass is 526 g/mol. The van der Waals surface area contributed by atoms with Gasteiger partial charge in [-0.15, -0.1) is 0 Å². The third kappa shape index (κ3) is 4.64. The number of nitrogens with one attached hydrogen (secondary N) is 1. The number of nitrogens with zero attached hydrogens (tertiary/aromatic N) is 6. The van der Waals surface area contributed by atoms with Gasteiger partial charge in [0.15, 0.2) is 5.65 Å². The van der Waals surface area contributed by atoms with Crippen LogP contribution in [-0.4, -0.2) is 59.8 Å². The molecule has 3 atom stereocenters. The number of carbonyl (C=O) groups is 2. The van der Waals surface area contributed by atoms with E-state index in [9.17, 15) is 9.59 Å². The molecule has 2 fully saturated rings. The summed E-state index contributed by atoms with van der Waals surface area (Å²) in [5, 5.41) is 8.41. The number of nitrogen functional groups attached to an aromatic ring is 1. The molecule has 39 heavy (non-hydrogen) atoms. The molecule has 3 aromatic heterocycles. The SMILES string of the molecule is CC(C)(C)OC(=O)N1CC2CC1C(n1nc(-c3ccc(C(=O)Nc4ccccn4)cc3)c3c(N)ncnc31)C2. The number of piperidine rings is 1. The molecular weight excluding hydrogens is 496 g/mol. The second kappa shape index (κ2) is 9.33. The van der Waals surface area contributed by atoms with Crippen molar-refractivity contribution in [3.05, 3.63) is 60.6 Å². The number of hydrogen-bond donors (Lipinski definition) is 2. The number of pyridine rings is 1. The molecule has 200 valence electrons. The van der Waals surface area contributed by atoms with E-state index >= 15 is 0 Å². The highest BCUT2D eigenvalue weighted by Crippen LogP contribution is 2.46. The second-order valence-electron chi connectivity index (χ2n) is 11.1. The third-order valence-electron chi connectivity index (χ3n) is 7.24. The number of ether oxygens (including phenoxy) is 1. The van der Waals surface area contributed by atoms with Crippen molar-refractivity contribution in [2.45, 2.75) is 51.3 Å². The van der Waals surface area contributed by atoms with Crippen LogP contribution < -0.4 is 11.1 Å². The van der Waals surface area contributed by atoms with Gasteiger partial charge in [0.1, 0.15) is 29.3 Å². The first-order valence-electron chi connectivity index (χ1n) is 13.0. The number of aromatic nitrogens is 5. The Morgan fingerprint density at radius 3 is 2.49 bits per heavy atom. The minimum atomic E-state index is -0.567. The van der Waals surface area contributed by atoms with Crippen LogP contribution >= 0.6 is 0 Å². The van der Waals surface area contributed by atoms with Gasteiger partial charge in [-0.05, 0) is 63.8 Å². The summed E-state index contributed by atoms with van der Waals surface area (Å²) >= 11 is 0.